The molecule has 2 aliphatic rings. The third-order valence-electron chi connectivity index (χ3n) is 3.55. The van der Waals surface area contributed by atoms with Crippen LogP contribution in [-0.4, -0.2) is 20.1 Å². The van der Waals surface area contributed by atoms with Gasteiger partial charge in [-0.05, 0) is 31.0 Å². The van der Waals surface area contributed by atoms with Crippen molar-refractivity contribution in [1.82, 2.24) is 0 Å². The largest absolute Gasteiger partial charge is 0.383 e. The summed E-state index contributed by atoms with van der Waals surface area (Å²) in [5.41, 5.74) is 3.14. The van der Waals surface area contributed by atoms with Gasteiger partial charge < -0.3 is 10.2 Å². The predicted molar refractivity (Wildman–Crippen MR) is 67.6 cm³/mol. The number of hydrogen-bond donors (Lipinski definition) is 1. The molecule has 15 heavy (non-hydrogen) atoms. The summed E-state index contributed by atoms with van der Waals surface area (Å²) in [7, 11) is 2.19. The van der Waals surface area contributed by atoms with Gasteiger partial charge in [-0.2, -0.15) is 0 Å². The molecule has 1 heterocycles. The molecule has 0 amide bonds. The molecule has 2 nitrogen and oxygen atoms in total. The van der Waals surface area contributed by atoms with Gasteiger partial charge in [0.05, 0.1) is 11.4 Å². The van der Waals surface area contributed by atoms with Gasteiger partial charge in [-0.25, -0.2) is 0 Å². The Balaban J connectivity index is 1.99. The molecule has 0 bridgehead atoms. The summed E-state index contributed by atoms with van der Waals surface area (Å²) in [6.07, 6.45) is 2.75. The van der Waals surface area contributed by atoms with E-state index in [1.165, 1.54) is 30.8 Å². The van der Waals surface area contributed by atoms with Gasteiger partial charge in [0, 0.05) is 30.0 Å². The Morgan fingerprint density at radius 2 is 2.20 bits per heavy atom. The van der Waals surface area contributed by atoms with Crippen LogP contribution in [-0.2, 0) is 0 Å². The molecule has 0 unspecified atom stereocenters. The summed E-state index contributed by atoms with van der Waals surface area (Å²) in [6, 6.07) is 6.48. The fourth-order valence-electron chi connectivity index (χ4n) is 2.42. The lowest BCUT2D eigenvalue weighted by atomic mass is 10.1. The quantitative estimate of drug-likeness (QED) is 0.777. The van der Waals surface area contributed by atoms with E-state index >= 15 is 0 Å². The van der Waals surface area contributed by atoms with Gasteiger partial charge in [0.2, 0.25) is 0 Å². The zero-order chi connectivity index (χ0) is 10.5. The van der Waals surface area contributed by atoms with Crippen molar-refractivity contribution in [3.8, 4) is 0 Å². The molecule has 0 aromatic heterocycles. The molecule has 1 aromatic rings. The van der Waals surface area contributed by atoms with Crippen LogP contribution in [0.25, 0.3) is 0 Å². The van der Waals surface area contributed by atoms with Gasteiger partial charge >= 0.3 is 0 Å². The summed E-state index contributed by atoms with van der Waals surface area (Å²) in [5, 5.41) is 3.58. The summed E-state index contributed by atoms with van der Waals surface area (Å²) in [5.74, 6) is 0. The van der Waals surface area contributed by atoms with Crippen LogP contribution in [0, 0.1) is 5.41 Å². The highest BCUT2D eigenvalue weighted by Crippen LogP contribution is 2.49. The molecule has 1 spiro atoms. The highest BCUT2D eigenvalue weighted by molar-refractivity contribution is 9.10. The Bertz CT molecular complexity index is 399. The number of fused-ring (bicyclic) bond motifs is 1. The standard InChI is InChI=1S/C12H15BrN2/c1-15-8-12(4-5-12)7-14-10-6-9(13)2-3-11(10)15/h2-3,6,14H,4-5,7-8H2,1H3. The fraction of sp³-hybridized carbons (Fsp3) is 0.500. The maximum Gasteiger partial charge on any atom is 0.0600 e. The molecule has 3 rings (SSSR count). The second-order valence-corrected chi connectivity index (χ2v) is 5.79. The van der Waals surface area contributed by atoms with Crippen LogP contribution in [0.4, 0.5) is 11.4 Å². The molecular formula is C12H15BrN2. The Labute approximate surface area is 98.8 Å². The lowest BCUT2D eigenvalue weighted by molar-refractivity contribution is 0.548. The van der Waals surface area contributed by atoms with Gasteiger partial charge in [-0.1, -0.05) is 15.9 Å². The van der Waals surface area contributed by atoms with Crippen molar-refractivity contribution < 1.29 is 0 Å². The number of benzene rings is 1. The van der Waals surface area contributed by atoms with Crippen molar-refractivity contribution in [2.24, 2.45) is 5.41 Å². The van der Waals surface area contributed by atoms with E-state index in [0.717, 1.165) is 11.0 Å². The molecule has 3 heteroatoms. The van der Waals surface area contributed by atoms with Crippen LogP contribution in [0.2, 0.25) is 0 Å². The number of rotatable bonds is 0. The third kappa shape index (κ3) is 1.63. The number of hydrogen-bond acceptors (Lipinski definition) is 2. The molecule has 1 aliphatic heterocycles. The number of halogens is 1. The molecule has 1 aromatic carbocycles. The van der Waals surface area contributed by atoms with Crippen molar-refractivity contribution in [2.45, 2.75) is 12.8 Å². The van der Waals surface area contributed by atoms with Gasteiger partial charge in [0.1, 0.15) is 0 Å². The summed E-state index contributed by atoms with van der Waals surface area (Å²) in [6.45, 7) is 2.31. The Morgan fingerprint density at radius 3 is 2.93 bits per heavy atom. The monoisotopic (exact) mass is 266 g/mol. The van der Waals surface area contributed by atoms with Gasteiger partial charge in [0.25, 0.3) is 0 Å². The van der Waals surface area contributed by atoms with Crippen LogP contribution < -0.4 is 10.2 Å². The number of anilines is 2. The molecule has 80 valence electrons. The lowest BCUT2D eigenvalue weighted by Gasteiger charge is -2.21. The molecule has 0 atom stereocenters. The maximum absolute atomic E-state index is 3.58. The van der Waals surface area contributed by atoms with Crippen molar-refractivity contribution in [3.63, 3.8) is 0 Å². The SMILES string of the molecule is CN1CC2(CC2)CNc2cc(Br)ccc21. The van der Waals surface area contributed by atoms with Crippen LogP contribution in [0.5, 0.6) is 0 Å². The van der Waals surface area contributed by atoms with Crippen molar-refractivity contribution in [1.29, 1.82) is 0 Å². The zero-order valence-electron chi connectivity index (χ0n) is 8.89. The summed E-state index contributed by atoms with van der Waals surface area (Å²) in [4.78, 5) is 2.38. The van der Waals surface area contributed by atoms with Gasteiger partial charge in [0.15, 0.2) is 0 Å². The number of nitrogens with zero attached hydrogens (tertiary/aromatic N) is 1. The van der Waals surface area contributed by atoms with Gasteiger partial charge in [-0.15, -0.1) is 0 Å². The van der Waals surface area contributed by atoms with E-state index in [4.69, 9.17) is 0 Å². The van der Waals surface area contributed by atoms with E-state index in [2.05, 4.69) is 51.4 Å². The van der Waals surface area contributed by atoms with E-state index in [-0.39, 0.29) is 0 Å². The smallest absolute Gasteiger partial charge is 0.0600 e. The van der Waals surface area contributed by atoms with E-state index < -0.39 is 0 Å². The minimum Gasteiger partial charge on any atom is -0.383 e. The third-order valence-corrected chi connectivity index (χ3v) is 4.05. The maximum atomic E-state index is 3.58. The normalized spacial score (nSPS) is 21.9. The first kappa shape index (κ1) is 9.52. The average Bonchev–Trinajstić information content (AvgIpc) is 2.96. The van der Waals surface area contributed by atoms with Gasteiger partial charge in [-0.3, -0.25) is 0 Å². The molecule has 0 radical (unpaired) electrons. The van der Waals surface area contributed by atoms with Crippen molar-refractivity contribution in [2.75, 3.05) is 30.4 Å². The second kappa shape index (κ2) is 3.14. The zero-order valence-corrected chi connectivity index (χ0v) is 10.5. The Kier molecular flexibility index (Phi) is 2.00. The summed E-state index contributed by atoms with van der Waals surface area (Å²) >= 11 is 3.52. The number of nitrogens with one attached hydrogen (secondary N) is 1. The fourth-order valence-corrected chi connectivity index (χ4v) is 2.78. The first-order valence-corrected chi connectivity index (χ1v) is 6.22. The predicted octanol–water partition coefficient (Wildman–Crippen LogP) is 3.09. The molecular weight excluding hydrogens is 252 g/mol. The highest BCUT2D eigenvalue weighted by atomic mass is 79.9. The van der Waals surface area contributed by atoms with E-state index in [9.17, 15) is 0 Å². The average molecular weight is 267 g/mol. The van der Waals surface area contributed by atoms with Crippen LogP contribution in [0.3, 0.4) is 0 Å². The van der Waals surface area contributed by atoms with E-state index in [0.29, 0.717) is 5.41 Å². The Morgan fingerprint density at radius 1 is 1.40 bits per heavy atom. The molecule has 0 saturated heterocycles. The first-order valence-electron chi connectivity index (χ1n) is 5.43. The first-order chi connectivity index (χ1) is 7.19. The van der Waals surface area contributed by atoms with Crippen molar-refractivity contribution >= 4 is 27.3 Å². The van der Waals surface area contributed by atoms with E-state index in [1.807, 2.05) is 0 Å². The minimum absolute atomic E-state index is 0.556. The molecule has 1 N–H and O–H groups in total. The minimum atomic E-state index is 0.556. The molecule has 1 aliphatic carbocycles. The topological polar surface area (TPSA) is 15.3 Å². The van der Waals surface area contributed by atoms with Crippen molar-refractivity contribution in [3.05, 3.63) is 22.7 Å². The van der Waals surface area contributed by atoms with Crippen LogP contribution in [0.15, 0.2) is 22.7 Å². The second-order valence-electron chi connectivity index (χ2n) is 4.87. The molecule has 1 fully saturated rings. The van der Waals surface area contributed by atoms with Crippen LogP contribution >= 0.6 is 15.9 Å². The molecule has 1 saturated carbocycles. The summed E-state index contributed by atoms with van der Waals surface area (Å²) < 4.78 is 1.15. The Hall–Kier alpha value is -0.700. The van der Waals surface area contributed by atoms with E-state index in [1.54, 1.807) is 0 Å². The highest BCUT2D eigenvalue weighted by Gasteiger charge is 2.44. The van der Waals surface area contributed by atoms with Crippen LogP contribution in [0.1, 0.15) is 12.8 Å². The lowest BCUT2D eigenvalue weighted by Crippen LogP contribution is -2.27.